The highest BCUT2D eigenvalue weighted by Gasteiger charge is 2.49. The molecule has 1 atom stereocenters. The lowest BCUT2D eigenvalue weighted by Crippen LogP contribution is -2.40. The molecule has 1 saturated carbocycles. The van der Waals surface area contributed by atoms with Crippen molar-refractivity contribution in [2.75, 3.05) is 33.2 Å². The van der Waals surface area contributed by atoms with Crippen molar-refractivity contribution in [1.82, 2.24) is 4.90 Å². The maximum atomic E-state index is 13.4. The van der Waals surface area contributed by atoms with Crippen molar-refractivity contribution < 1.29 is 24.2 Å². The Morgan fingerprint density at radius 2 is 1.63 bits per heavy atom. The molecular weight excluding hydrogens is 468 g/mol. The van der Waals surface area contributed by atoms with Gasteiger partial charge in [0.2, 0.25) is 0 Å². The van der Waals surface area contributed by atoms with E-state index < -0.39 is 17.7 Å². The van der Waals surface area contributed by atoms with Gasteiger partial charge in [-0.2, -0.15) is 0 Å². The second-order valence-corrected chi connectivity index (χ2v) is 9.58. The summed E-state index contributed by atoms with van der Waals surface area (Å²) < 4.78 is 10.8. The van der Waals surface area contributed by atoms with E-state index in [1.165, 1.54) is 26.4 Å². The molecule has 8 heteroatoms. The van der Waals surface area contributed by atoms with E-state index in [2.05, 4.69) is 0 Å². The highest BCUT2D eigenvalue weighted by molar-refractivity contribution is 6.46. The molecule has 0 spiro atoms. The minimum Gasteiger partial charge on any atom is -0.507 e. The summed E-state index contributed by atoms with van der Waals surface area (Å²) in [5, 5.41) is 11.8. The summed E-state index contributed by atoms with van der Waals surface area (Å²) >= 11 is 6.25. The third-order valence-electron chi connectivity index (χ3n) is 6.90. The van der Waals surface area contributed by atoms with Crippen molar-refractivity contribution in [2.24, 2.45) is 0 Å². The van der Waals surface area contributed by atoms with Crippen molar-refractivity contribution in [2.45, 2.75) is 44.2 Å². The number of hydrogen-bond acceptors (Lipinski definition) is 6. The van der Waals surface area contributed by atoms with Crippen LogP contribution in [0.2, 0.25) is 5.02 Å². The molecule has 2 aromatic carbocycles. The van der Waals surface area contributed by atoms with Crippen molar-refractivity contribution in [3.63, 3.8) is 0 Å². The number of nitrogens with zero attached hydrogens (tertiary/aromatic N) is 2. The Kier molecular flexibility index (Phi) is 7.26. The molecule has 186 valence electrons. The summed E-state index contributed by atoms with van der Waals surface area (Å²) in [5.41, 5.74) is 2.04. The lowest BCUT2D eigenvalue weighted by molar-refractivity contribution is -0.141. The summed E-state index contributed by atoms with van der Waals surface area (Å²) in [6.07, 6.45) is 4.78. The molecule has 1 aliphatic heterocycles. The Balaban J connectivity index is 1.92. The first-order valence-electron chi connectivity index (χ1n) is 11.8. The van der Waals surface area contributed by atoms with Crippen LogP contribution in [0, 0.1) is 0 Å². The molecule has 1 saturated heterocycles. The molecule has 35 heavy (non-hydrogen) atoms. The number of ether oxygens (including phenoxy) is 2. The first-order chi connectivity index (χ1) is 16.8. The zero-order valence-corrected chi connectivity index (χ0v) is 21.3. The monoisotopic (exact) mass is 498 g/mol. The smallest absolute Gasteiger partial charge is 0.295 e. The van der Waals surface area contributed by atoms with Crippen LogP contribution in [-0.4, -0.2) is 56.1 Å². The first kappa shape index (κ1) is 24.9. The molecule has 2 aliphatic rings. The third kappa shape index (κ3) is 4.57. The maximum Gasteiger partial charge on any atom is 0.295 e. The summed E-state index contributed by atoms with van der Waals surface area (Å²) in [5.74, 6) is -0.998. The Labute approximate surface area is 210 Å². The van der Waals surface area contributed by atoms with E-state index in [0.29, 0.717) is 10.8 Å². The molecule has 1 N–H and O–H groups in total. The minimum absolute atomic E-state index is 0.0425. The average molecular weight is 499 g/mol. The van der Waals surface area contributed by atoms with Gasteiger partial charge in [0.25, 0.3) is 11.7 Å². The highest BCUT2D eigenvalue weighted by Crippen LogP contribution is 2.45. The van der Waals surface area contributed by atoms with E-state index in [9.17, 15) is 14.7 Å². The van der Waals surface area contributed by atoms with Gasteiger partial charge in [0, 0.05) is 31.9 Å². The van der Waals surface area contributed by atoms with Gasteiger partial charge < -0.3 is 24.4 Å². The van der Waals surface area contributed by atoms with Crippen molar-refractivity contribution >= 4 is 34.7 Å². The molecule has 1 unspecified atom stereocenters. The van der Waals surface area contributed by atoms with E-state index in [4.69, 9.17) is 21.1 Å². The van der Waals surface area contributed by atoms with Gasteiger partial charge in [-0.3, -0.25) is 9.59 Å². The molecule has 2 fully saturated rings. The number of amides is 1. The average Bonchev–Trinajstić information content (AvgIpc) is 3.14. The van der Waals surface area contributed by atoms with E-state index in [-0.39, 0.29) is 28.7 Å². The second kappa shape index (κ2) is 10.2. The fraction of sp³-hybridized carbons (Fsp3) is 0.407. The van der Waals surface area contributed by atoms with Gasteiger partial charge in [-0.05, 0) is 36.6 Å². The predicted octanol–water partition coefficient (Wildman–Crippen LogP) is 5.18. The maximum absolute atomic E-state index is 13.4. The molecule has 0 bridgehead atoms. The molecule has 1 amide bonds. The van der Waals surface area contributed by atoms with Crippen LogP contribution in [0.15, 0.2) is 42.0 Å². The molecule has 2 aromatic rings. The van der Waals surface area contributed by atoms with Crippen molar-refractivity contribution in [3.05, 3.63) is 58.1 Å². The second-order valence-electron chi connectivity index (χ2n) is 9.17. The summed E-state index contributed by atoms with van der Waals surface area (Å²) in [4.78, 5) is 30.5. The first-order valence-corrected chi connectivity index (χ1v) is 12.2. The summed E-state index contributed by atoms with van der Waals surface area (Å²) in [6.45, 7) is 0. The van der Waals surface area contributed by atoms with Crippen molar-refractivity contribution in [3.8, 4) is 11.5 Å². The fourth-order valence-corrected chi connectivity index (χ4v) is 5.29. The fourth-order valence-electron chi connectivity index (χ4n) is 5.06. The largest absolute Gasteiger partial charge is 0.507 e. The zero-order valence-electron chi connectivity index (χ0n) is 20.5. The minimum atomic E-state index is -0.708. The van der Waals surface area contributed by atoms with Crippen molar-refractivity contribution in [1.29, 1.82) is 0 Å². The van der Waals surface area contributed by atoms with E-state index in [1.807, 2.05) is 43.3 Å². The van der Waals surface area contributed by atoms with Gasteiger partial charge in [-0.15, -0.1) is 0 Å². The third-order valence-corrected chi connectivity index (χ3v) is 7.20. The lowest BCUT2D eigenvalue weighted by Gasteiger charge is -2.35. The SMILES string of the molecule is COc1cc(/C(O)=C2\C(=O)C(=O)N(C3CCCCC3)C2c2ccc(N(C)C)cc2)c(OC)cc1Cl. The Morgan fingerprint density at radius 3 is 2.20 bits per heavy atom. The molecule has 1 aliphatic carbocycles. The predicted molar refractivity (Wildman–Crippen MR) is 136 cm³/mol. The molecule has 1 heterocycles. The molecule has 0 radical (unpaired) electrons. The Hall–Kier alpha value is -3.19. The highest BCUT2D eigenvalue weighted by atomic mass is 35.5. The van der Waals surface area contributed by atoms with Crippen LogP contribution in [0.5, 0.6) is 11.5 Å². The normalized spacial score (nSPS) is 20.3. The van der Waals surface area contributed by atoms with Crippen LogP contribution in [0.3, 0.4) is 0 Å². The van der Waals surface area contributed by atoms with Gasteiger partial charge in [0.1, 0.15) is 17.3 Å². The number of rotatable bonds is 6. The van der Waals surface area contributed by atoms with E-state index >= 15 is 0 Å². The standard InChI is InChI=1S/C27H31ClN2O5/c1-29(2)17-12-10-16(11-13-17)24-23(26(32)27(33)30(24)18-8-6-5-7-9-18)25(31)19-14-22(35-4)20(28)15-21(19)34-3/h10-15,18,24,31H,5-9H2,1-4H3/b25-23+. The van der Waals surface area contributed by atoms with Crippen LogP contribution in [0.1, 0.15) is 49.3 Å². The molecule has 0 aromatic heterocycles. The Morgan fingerprint density at radius 1 is 1.00 bits per heavy atom. The van der Waals surface area contributed by atoms with Gasteiger partial charge >= 0.3 is 0 Å². The van der Waals surface area contributed by atoms with Crippen LogP contribution in [0.25, 0.3) is 5.76 Å². The number of benzene rings is 2. The number of halogens is 1. The van der Waals surface area contributed by atoms with Gasteiger partial charge in [-0.25, -0.2) is 0 Å². The van der Waals surface area contributed by atoms with Gasteiger partial charge in [-0.1, -0.05) is 43.0 Å². The number of methoxy groups -OCH3 is 2. The Bertz CT molecular complexity index is 1150. The van der Waals surface area contributed by atoms with Crippen LogP contribution < -0.4 is 14.4 Å². The zero-order chi connectivity index (χ0) is 25.3. The number of hydrogen-bond donors (Lipinski definition) is 1. The quantitative estimate of drug-likeness (QED) is 0.336. The van der Waals surface area contributed by atoms with Gasteiger partial charge in [0.05, 0.1) is 36.4 Å². The number of Topliss-reactive ketones (excluding diaryl/α,β-unsaturated/α-hetero) is 1. The van der Waals surface area contributed by atoms with Crippen LogP contribution in [0.4, 0.5) is 5.69 Å². The van der Waals surface area contributed by atoms with E-state index in [0.717, 1.165) is 43.4 Å². The van der Waals surface area contributed by atoms with Crippen LogP contribution in [-0.2, 0) is 9.59 Å². The summed E-state index contributed by atoms with van der Waals surface area (Å²) in [7, 11) is 6.81. The molecule has 4 rings (SSSR count). The number of likely N-dealkylation sites (tertiary alicyclic amines) is 1. The number of aliphatic hydroxyl groups excluding tert-OH is 1. The number of ketones is 1. The number of carbonyl (C=O) groups excluding carboxylic acids is 2. The topological polar surface area (TPSA) is 79.3 Å². The molecular formula is C27H31ClN2O5. The molecule has 7 nitrogen and oxygen atoms in total. The number of anilines is 1. The van der Waals surface area contributed by atoms with Crippen LogP contribution >= 0.6 is 11.6 Å². The summed E-state index contributed by atoms with van der Waals surface area (Å²) in [6, 6.07) is 9.99. The number of aliphatic hydroxyl groups is 1. The number of carbonyl (C=O) groups is 2. The van der Waals surface area contributed by atoms with E-state index in [1.54, 1.807) is 4.90 Å². The van der Waals surface area contributed by atoms with Gasteiger partial charge in [0.15, 0.2) is 0 Å². The lowest BCUT2D eigenvalue weighted by atomic mass is 9.90.